The monoisotopic (exact) mass is 392 g/mol. The number of fused-ring (bicyclic) bond motifs is 1. The van der Waals surface area contributed by atoms with Crippen LogP contribution >= 0.6 is 0 Å². The molecule has 3 nitrogen and oxygen atoms in total. The minimum Gasteiger partial charge on any atom is -0.493 e. The van der Waals surface area contributed by atoms with Gasteiger partial charge in [0.1, 0.15) is 5.75 Å². The molecule has 3 heteroatoms. The molecule has 0 radical (unpaired) electrons. The van der Waals surface area contributed by atoms with E-state index in [1.165, 1.54) is 17.2 Å². The van der Waals surface area contributed by atoms with Crippen LogP contribution in [-0.2, 0) is 15.6 Å². The Morgan fingerprint density at radius 2 is 1.72 bits per heavy atom. The van der Waals surface area contributed by atoms with Crippen LogP contribution < -0.4 is 4.74 Å². The summed E-state index contributed by atoms with van der Waals surface area (Å²) in [5.41, 5.74) is 6.00. The van der Waals surface area contributed by atoms with E-state index in [9.17, 15) is 4.79 Å². The van der Waals surface area contributed by atoms with Crippen LogP contribution in [0.3, 0.4) is 0 Å². The quantitative estimate of drug-likeness (QED) is 0.564. The van der Waals surface area contributed by atoms with Gasteiger partial charge in [-0.1, -0.05) is 52.8 Å². The van der Waals surface area contributed by atoms with Crippen molar-refractivity contribution in [1.82, 2.24) is 0 Å². The molecule has 0 fully saturated rings. The molecule has 0 atom stereocenters. The molecule has 1 aliphatic carbocycles. The molecule has 1 aliphatic rings. The average molecular weight is 393 g/mol. The van der Waals surface area contributed by atoms with E-state index in [-0.39, 0.29) is 10.8 Å². The fourth-order valence-corrected chi connectivity index (χ4v) is 4.13. The van der Waals surface area contributed by atoms with Crippen LogP contribution in [0.4, 0.5) is 0 Å². The standard InChI is InChI=1S/C26H32O3/c1-6-14-29-23-17-22-21(25(2,3)12-13-26(22,4)5)16-20(23)19-9-7-8-18(15-19)10-11-24(27)28/h7-11,15-17H,6,12-14H2,1-5H3,(H,27,28). The van der Waals surface area contributed by atoms with Crippen molar-refractivity contribution in [3.8, 4) is 16.9 Å². The Labute approximate surface area is 174 Å². The van der Waals surface area contributed by atoms with Crippen LogP contribution in [0.5, 0.6) is 5.75 Å². The topological polar surface area (TPSA) is 46.5 Å². The van der Waals surface area contributed by atoms with E-state index in [0.717, 1.165) is 41.7 Å². The first kappa shape index (κ1) is 21.2. The summed E-state index contributed by atoms with van der Waals surface area (Å²) in [5.74, 6) is -0.0316. The van der Waals surface area contributed by atoms with Gasteiger partial charge in [0.05, 0.1) is 6.61 Å². The lowest BCUT2D eigenvalue weighted by Crippen LogP contribution is -2.33. The third-order valence-electron chi connectivity index (χ3n) is 6.03. The minimum absolute atomic E-state index is 0.115. The second-order valence-corrected chi connectivity index (χ2v) is 9.31. The number of ether oxygens (including phenoxy) is 1. The van der Waals surface area contributed by atoms with Gasteiger partial charge < -0.3 is 9.84 Å². The molecule has 0 unspecified atom stereocenters. The molecule has 1 N–H and O–H groups in total. The fraction of sp³-hybridized carbons (Fsp3) is 0.423. The summed E-state index contributed by atoms with van der Waals surface area (Å²) in [4.78, 5) is 10.9. The summed E-state index contributed by atoms with van der Waals surface area (Å²) in [6.45, 7) is 12.1. The average Bonchev–Trinajstić information content (AvgIpc) is 2.68. The molecule has 0 bridgehead atoms. The van der Waals surface area contributed by atoms with Crippen molar-refractivity contribution in [2.24, 2.45) is 0 Å². The van der Waals surface area contributed by atoms with Gasteiger partial charge in [0.2, 0.25) is 0 Å². The molecule has 0 spiro atoms. The highest BCUT2D eigenvalue weighted by atomic mass is 16.5. The van der Waals surface area contributed by atoms with Crippen molar-refractivity contribution in [3.63, 3.8) is 0 Å². The number of carboxylic acids is 1. The summed E-state index contributed by atoms with van der Waals surface area (Å²) < 4.78 is 6.19. The Morgan fingerprint density at radius 3 is 2.34 bits per heavy atom. The SMILES string of the molecule is CCCOc1cc2c(cc1-c1cccc(C=CC(=O)O)c1)C(C)(C)CCC2(C)C. The Hall–Kier alpha value is -2.55. The summed E-state index contributed by atoms with van der Waals surface area (Å²) in [6.07, 6.45) is 6.07. The molecule has 2 aromatic rings. The first-order valence-electron chi connectivity index (χ1n) is 10.5. The third-order valence-corrected chi connectivity index (χ3v) is 6.03. The Balaban J connectivity index is 2.18. The Morgan fingerprint density at radius 1 is 1.07 bits per heavy atom. The second-order valence-electron chi connectivity index (χ2n) is 9.31. The lowest BCUT2D eigenvalue weighted by atomic mass is 9.62. The molecular weight excluding hydrogens is 360 g/mol. The molecule has 0 saturated heterocycles. The van der Waals surface area contributed by atoms with Crippen molar-refractivity contribution in [2.45, 2.75) is 64.7 Å². The van der Waals surface area contributed by atoms with Gasteiger partial charge in [-0.3, -0.25) is 0 Å². The summed E-state index contributed by atoms with van der Waals surface area (Å²) >= 11 is 0. The van der Waals surface area contributed by atoms with Gasteiger partial charge in [-0.15, -0.1) is 0 Å². The molecule has 2 aromatic carbocycles. The summed E-state index contributed by atoms with van der Waals surface area (Å²) in [5, 5.41) is 8.93. The Bertz CT molecular complexity index is 935. The van der Waals surface area contributed by atoms with Crippen molar-refractivity contribution in [3.05, 3.63) is 59.2 Å². The van der Waals surface area contributed by atoms with Crippen molar-refractivity contribution in [2.75, 3.05) is 6.61 Å². The lowest BCUT2D eigenvalue weighted by Gasteiger charge is -2.42. The first-order chi connectivity index (χ1) is 13.6. The number of carbonyl (C=O) groups is 1. The first-order valence-corrected chi connectivity index (χ1v) is 10.5. The van der Waals surface area contributed by atoms with E-state index in [1.54, 1.807) is 6.08 Å². The third kappa shape index (κ3) is 4.55. The summed E-state index contributed by atoms with van der Waals surface area (Å²) in [7, 11) is 0. The van der Waals surface area contributed by atoms with Gasteiger partial charge in [0, 0.05) is 11.6 Å². The van der Waals surface area contributed by atoms with Gasteiger partial charge in [-0.25, -0.2) is 4.79 Å². The number of carboxylic acid groups (broad SMARTS) is 1. The highest BCUT2D eigenvalue weighted by molar-refractivity contribution is 5.86. The van der Waals surface area contributed by atoms with Crippen molar-refractivity contribution >= 4 is 12.0 Å². The van der Waals surface area contributed by atoms with Crippen LogP contribution in [0, 0.1) is 0 Å². The zero-order valence-corrected chi connectivity index (χ0v) is 18.2. The molecule has 29 heavy (non-hydrogen) atoms. The lowest BCUT2D eigenvalue weighted by molar-refractivity contribution is -0.131. The number of benzene rings is 2. The molecule has 0 heterocycles. The van der Waals surface area contributed by atoms with E-state index in [0.29, 0.717) is 6.61 Å². The van der Waals surface area contributed by atoms with Gasteiger partial charge in [0.25, 0.3) is 0 Å². The Kier molecular flexibility index (Phi) is 5.88. The number of hydrogen-bond acceptors (Lipinski definition) is 2. The molecule has 0 amide bonds. The highest BCUT2D eigenvalue weighted by Gasteiger charge is 2.38. The van der Waals surface area contributed by atoms with Crippen LogP contribution in [0.25, 0.3) is 17.2 Å². The number of rotatable bonds is 6. The van der Waals surface area contributed by atoms with E-state index in [4.69, 9.17) is 9.84 Å². The van der Waals surface area contributed by atoms with Gasteiger partial charge in [0.15, 0.2) is 0 Å². The predicted molar refractivity (Wildman–Crippen MR) is 120 cm³/mol. The maximum atomic E-state index is 10.9. The van der Waals surface area contributed by atoms with E-state index >= 15 is 0 Å². The normalized spacial score (nSPS) is 17.1. The van der Waals surface area contributed by atoms with Gasteiger partial charge in [-0.05, 0) is 76.6 Å². The largest absolute Gasteiger partial charge is 0.493 e. The molecule has 0 aliphatic heterocycles. The molecule has 0 aromatic heterocycles. The maximum absolute atomic E-state index is 10.9. The zero-order chi connectivity index (χ0) is 21.2. The molecule has 154 valence electrons. The number of aliphatic carboxylic acids is 1. The van der Waals surface area contributed by atoms with Crippen LogP contribution in [0.15, 0.2) is 42.5 Å². The van der Waals surface area contributed by atoms with Crippen LogP contribution in [0.2, 0.25) is 0 Å². The zero-order valence-electron chi connectivity index (χ0n) is 18.2. The predicted octanol–water partition coefficient (Wildman–Crippen LogP) is 6.59. The van der Waals surface area contributed by atoms with Crippen molar-refractivity contribution < 1.29 is 14.6 Å². The van der Waals surface area contributed by atoms with Crippen LogP contribution in [0.1, 0.15) is 70.6 Å². The van der Waals surface area contributed by atoms with Gasteiger partial charge in [-0.2, -0.15) is 0 Å². The van der Waals surface area contributed by atoms with E-state index in [1.807, 2.05) is 18.2 Å². The number of hydrogen-bond donors (Lipinski definition) is 1. The second kappa shape index (κ2) is 8.06. The molecular formula is C26H32O3. The smallest absolute Gasteiger partial charge is 0.328 e. The molecule has 3 rings (SSSR count). The van der Waals surface area contributed by atoms with Crippen molar-refractivity contribution in [1.29, 1.82) is 0 Å². The van der Waals surface area contributed by atoms with E-state index < -0.39 is 5.97 Å². The highest BCUT2D eigenvalue weighted by Crippen LogP contribution is 2.49. The fourth-order valence-electron chi connectivity index (χ4n) is 4.13. The maximum Gasteiger partial charge on any atom is 0.328 e. The van der Waals surface area contributed by atoms with Gasteiger partial charge >= 0.3 is 5.97 Å². The summed E-state index contributed by atoms with van der Waals surface area (Å²) in [6, 6.07) is 12.5. The van der Waals surface area contributed by atoms with E-state index in [2.05, 4.69) is 52.8 Å². The minimum atomic E-state index is -0.944. The molecule has 0 saturated carbocycles. The van der Waals surface area contributed by atoms with Crippen LogP contribution in [-0.4, -0.2) is 17.7 Å².